The second-order valence-electron chi connectivity index (χ2n) is 6.80. The molecule has 2 atom stereocenters. The van der Waals surface area contributed by atoms with Gasteiger partial charge in [0.15, 0.2) is 0 Å². The lowest BCUT2D eigenvalue weighted by molar-refractivity contribution is 0.140. The maximum Gasteiger partial charge on any atom is 0.214 e. The summed E-state index contributed by atoms with van der Waals surface area (Å²) in [7, 11) is -1.46. The van der Waals surface area contributed by atoms with Gasteiger partial charge in [0.25, 0.3) is 0 Å². The lowest BCUT2D eigenvalue weighted by Crippen LogP contribution is -2.47. The Bertz CT molecular complexity index is 859. The second kappa shape index (κ2) is 7.38. The Morgan fingerprint density at radius 2 is 1.96 bits per heavy atom. The Morgan fingerprint density at radius 1 is 1.27 bits per heavy atom. The highest BCUT2D eigenvalue weighted by Gasteiger charge is 2.34. The summed E-state index contributed by atoms with van der Waals surface area (Å²) in [5.41, 5.74) is 3.22. The standard InChI is InChI=1S/C18H25N3O4S/c1-12(2)26(22,23)20-17-10-24-11-18(17)25-15-7-5-14(6-8-15)16-9-19-21(4)13(16)3/h5-9,12,17-18,20H,10-11H2,1-4H3/t17-,18+/m0/s1. The van der Waals surface area contributed by atoms with Crippen LogP contribution in [0.25, 0.3) is 11.1 Å². The van der Waals surface area contributed by atoms with E-state index in [-0.39, 0.29) is 12.1 Å². The van der Waals surface area contributed by atoms with Gasteiger partial charge in [-0.15, -0.1) is 0 Å². The zero-order valence-electron chi connectivity index (χ0n) is 15.5. The van der Waals surface area contributed by atoms with Crippen molar-refractivity contribution in [2.75, 3.05) is 13.2 Å². The van der Waals surface area contributed by atoms with Crippen LogP contribution in [0.3, 0.4) is 0 Å². The van der Waals surface area contributed by atoms with Gasteiger partial charge >= 0.3 is 0 Å². The van der Waals surface area contributed by atoms with E-state index in [1.165, 1.54) is 0 Å². The maximum absolute atomic E-state index is 12.1. The van der Waals surface area contributed by atoms with Gasteiger partial charge in [-0.2, -0.15) is 5.10 Å². The van der Waals surface area contributed by atoms with Gasteiger partial charge in [-0.05, 0) is 38.5 Å². The van der Waals surface area contributed by atoms with Crippen molar-refractivity contribution in [1.29, 1.82) is 0 Å². The Morgan fingerprint density at radius 3 is 2.54 bits per heavy atom. The van der Waals surface area contributed by atoms with Crippen molar-refractivity contribution >= 4 is 10.0 Å². The zero-order valence-corrected chi connectivity index (χ0v) is 16.3. The van der Waals surface area contributed by atoms with Gasteiger partial charge < -0.3 is 9.47 Å². The summed E-state index contributed by atoms with van der Waals surface area (Å²) in [6.45, 7) is 5.98. The van der Waals surface area contributed by atoms with Gasteiger partial charge in [0, 0.05) is 18.3 Å². The maximum atomic E-state index is 12.1. The number of nitrogens with one attached hydrogen (secondary N) is 1. The predicted octanol–water partition coefficient (Wildman–Crippen LogP) is 1.87. The molecule has 1 N–H and O–H groups in total. The fourth-order valence-electron chi connectivity index (χ4n) is 2.78. The Balaban J connectivity index is 1.69. The predicted molar refractivity (Wildman–Crippen MR) is 99.6 cm³/mol. The summed E-state index contributed by atoms with van der Waals surface area (Å²) < 4.78 is 40.1. The Labute approximate surface area is 154 Å². The van der Waals surface area contributed by atoms with Crippen LogP contribution in [0.15, 0.2) is 30.5 Å². The molecular weight excluding hydrogens is 354 g/mol. The minimum absolute atomic E-state index is 0.309. The van der Waals surface area contributed by atoms with E-state index in [9.17, 15) is 8.42 Å². The number of ether oxygens (including phenoxy) is 2. The third kappa shape index (κ3) is 3.92. The summed E-state index contributed by atoms with van der Waals surface area (Å²) in [5.74, 6) is 0.680. The first-order valence-electron chi connectivity index (χ1n) is 8.62. The molecule has 1 saturated heterocycles. The first-order chi connectivity index (χ1) is 12.3. The van der Waals surface area contributed by atoms with Crippen LogP contribution in [0.5, 0.6) is 5.75 Å². The molecule has 1 aliphatic heterocycles. The molecule has 2 heterocycles. The summed E-state index contributed by atoms with van der Waals surface area (Å²) >= 11 is 0. The monoisotopic (exact) mass is 379 g/mol. The average Bonchev–Trinajstić information content (AvgIpc) is 3.15. The first kappa shape index (κ1) is 18.9. The molecule has 1 aliphatic rings. The molecule has 1 aromatic heterocycles. The van der Waals surface area contributed by atoms with E-state index in [2.05, 4.69) is 9.82 Å². The highest BCUT2D eigenvalue weighted by atomic mass is 32.2. The van der Waals surface area contributed by atoms with Crippen molar-refractivity contribution in [2.24, 2.45) is 7.05 Å². The zero-order chi connectivity index (χ0) is 18.9. The van der Waals surface area contributed by atoms with Crippen LogP contribution in [0, 0.1) is 6.92 Å². The van der Waals surface area contributed by atoms with Crippen LogP contribution in [-0.4, -0.2) is 48.8 Å². The van der Waals surface area contributed by atoms with E-state index in [1.807, 2.05) is 49.1 Å². The highest BCUT2D eigenvalue weighted by molar-refractivity contribution is 7.90. The Hall–Kier alpha value is -1.90. The van der Waals surface area contributed by atoms with Crippen molar-refractivity contribution in [3.63, 3.8) is 0 Å². The molecule has 0 amide bonds. The quantitative estimate of drug-likeness (QED) is 0.829. The summed E-state index contributed by atoms with van der Waals surface area (Å²) in [6.07, 6.45) is 1.49. The number of sulfonamides is 1. The summed E-state index contributed by atoms with van der Waals surface area (Å²) in [6, 6.07) is 7.33. The molecule has 3 rings (SSSR count). The third-order valence-corrected chi connectivity index (χ3v) is 6.53. The molecule has 8 heteroatoms. The lowest BCUT2D eigenvalue weighted by Gasteiger charge is -2.21. The molecule has 0 radical (unpaired) electrons. The van der Waals surface area contributed by atoms with Gasteiger partial charge in [0.1, 0.15) is 11.9 Å². The van der Waals surface area contributed by atoms with Crippen LogP contribution in [0.1, 0.15) is 19.5 Å². The normalized spacial score (nSPS) is 20.7. The van der Waals surface area contributed by atoms with E-state index < -0.39 is 15.3 Å². The molecule has 26 heavy (non-hydrogen) atoms. The first-order valence-corrected chi connectivity index (χ1v) is 10.2. The van der Waals surface area contributed by atoms with Crippen molar-refractivity contribution in [3.05, 3.63) is 36.2 Å². The van der Waals surface area contributed by atoms with Crippen molar-refractivity contribution in [3.8, 4) is 16.9 Å². The molecule has 1 fully saturated rings. The molecule has 0 unspecified atom stereocenters. The number of hydrogen-bond acceptors (Lipinski definition) is 5. The van der Waals surface area contributed by atoms with Crippen molar-refractivity contribution < 1.29 is 17.9 Å². The topological polar surface area (TPSA) is 82.4 Å². The van der Waals surface area contributed by atoms with Crippen LogP contribution in [0.2, 0.25) is 0 Å². The van der Waals surface area contributed by atoms with E-state index in [0.717, 1.165) is 16.8 Å². The number of nitrogens with zero attached hydrogens (tertiary/aromatic N) is 2. The number of aromatic nitrogens is 2. The molecule has 142 valence electrons. The van der Waals surface area contributed by atoms with E-state index >= 15 is 0 Å². The fraction of sp³-hybridized carbons (Fsp3) is 0.500. The minimum atomic E-state index is -3.37. The van der Waals surface area contributed by atoms with E-state index in [0.29, 0.717) is 19.0 Å². The molecule has 2 aromatic rings. The minimum Gasteiger partial charge on any atom is -0.486 e. The van der Waals surface area contributed by atoms with Gasteiger partial charge in [-0.1, -0.05) is 12.1 Å². The summed E-state index contributed by atoms with van der Waals surface area (Å²) in [4.78, 5) is 0. The number of hydrogen-bond donors (Lipinski definition) is 1. The number of rotatable bonds is 6. The molecule has 7 nitrogen and oxygen atoms in total. The van der Waals surface area contributed by atoms with Crippen molar-refractivity contribution in [2.45, 2.75) is 38.2 Å². The van der Waals surface area contributed by atoms with Gasteiger partial charge in [-0.25, -0.2) is 13.1 Å². The number of aryl methyl sites for hydroxylation is 1. The summed E-state index contributed by atoms with van der Waals surface area (Å²) in [5, 5.41) is 3.77. The van der Waals surface area contributed by atoms with Crippen LogP contribution >= 0.6 is 0 Å². The molecule has 1 aromatic carbocycles. The number of benzene rings is 1. The van der Waals surface area contributed by atoms with Crippen LogP contribution in [0.4, 0.5) is 0 Å². The van der Waals surface area contributed by atoms with Crippen molar-refractivity contribution in [1.82, 2.24) is 14.5 Å². The van der Waals surface area contributed by atoms with Gasteiger partial charge in [0.2, 0.25) is 10.0 Å². The molecule has 0 bridgehead atoms. The molecular formula is C18H25N3O4S. The molecule has 0 aliphatic carbocycles. The Kier molecular flexibility index (Phi) is 5.36. The lowest BCUT2D eigenvalue weighted by atomic mass is 10.1. The highest BCUT2D eigenvalue weighted by Crippen LogP contribution is 2.26. The molecule has 0 spiro atoms. The van der Waals surface area contributed by atoms with Gasteiger partial charge in [-0.3, -0.25) is 4.68 Å². The largest absolute Gasteiger partial charge is 0.486 e. The van der Waals surface area contributed by atoms with E-state index in [1.54, 1.807) is 13.8 Å². The average molecular weight is 379 g/mol. The fourth-order valence-corrected chi connectivity index (χ4v) is 3.69. The van der Waals surface area contributed by atoms with E-state index in [4.69, 9.17) is 9.47 Å². The second-order valence-corrected chi connectivity index (χ2v) is 9.07. The van der Waals surface area contributed by atoms with Crippen LogP contribution in [-0.2, 0) is 21.8 Å². The smallest absolute Gasteiger partial charge is 0.214 e. The van der Waals surface area contributed by atoms with Gasteiger partial charge in [0.05, 0.1) is 30.7 Å². The SMILES string of the molecule is Cc1c(-c2ccc(O[C@@H]3COC[C@@H]3NS(=O)(=O)C(C)C)cc2)cnn1C. The third-order valence-electron chi connectivity index (χ3n) is 4.65. The molecule has 0 saturated carbocycles. The van der Waals surface area contributed by atoms with Crippen LogP contribution < -0.4 is 9.46 Å².